The molecule has 0 aliphatic rings. The van der Waals surface area contributed by atoms with Crippen LogP contribution in [0.5, 0.6) is 0 Å². The third-order valence-electron chi connectivity index (χ3n) is 3.95. The second-order valence-electron chi connectivity index (χ2n) is 6.17. The van der Waals surface area contributed by atoms with Gasteiger partial charge < -0.3 is 21.5 Å². The molecule has 1 aromatic heterocycles. The Bertz CT molecular complexity index is 1130. The van der Waals surface area contributed by atoms with Crippen LogP contribution in [-0.4, -0.2) is 27.5 Å². The van der Waals surface area contributed by atoms with E-state index in [0.29, 0.717) is 11.3 Å². The molecule has 0 bridgehead atoms. The summed E-state index contributed by atoms with van der Waals surface area (Å²) in [4.78, 5) is 34.7. The van der Waals surface area contributed by atoms with Crippen LogP contribution < -0.4 is 21.7 Å². The summed E-state index contributed by atoms with van der Waals surface area (Å²) in [5.74, 6) is -1.39. The lowest BCUT2D eigenvalue weighted by atomic mass is 10.1. The molecule has 0 aliphatic carbocycles. The Balaban J connectivity index is 1.76. The normalized spacial score (nSPS) is 10.3. The lowest BCUT2D eigenvalue weighted by molar-refractivity contribution is 0.100. The Hall–Kier alpha value is -3.99. The molecule has 2 aromatic carbocycles. The predicted octanol–water partition coefficient (Wildman–Crippen LogP) is 4.09. The van der Waals surface area contributed by atoms with Crippen molar-refractivity contribution in [2.24, 2.45) is 5.73 Å². The van der Waals surface area contributed by atoms with Crippen molar-refractivity contribution in [2.75, 3.05) is 16.0 Å². The molecule has 4 amide bonds. The fraction of sp³-hybridized carbons (Fsp3) is 0.0526. The fourth-order valence-electron chi connectivity index (χ4n) is 2.63. The molecule has 3 rings (SSSR count). The van der Waals surface area contributed by atoms with E-state index in [4.69, 9.17) is 10.8 Å². The number of rotatable bonds is 5. The highest BCUT2D eigenvalue weighted by atomic mass is 32.1. The van der Waals surface area contributed by atoms with Crippen LogP contribution in [0.25, 0.3) is 11.3 Å². The van der Waals surface area contributed by atoms with Crippen LogP contribution >= 0.6 is 11.5 Å². The van der Waals surface area contributed by atoms with E-state index in [0.717, 1.165) is 17.1 Å². The number of carboxylic acid groups (broad SMARTS) is 1. The predicted molar refractivity (Wildman–Crippen MR) is 111 cm³/mol. The zero-order valence-corrected chi connectivity index (χ0v) is 16.3. The fourth-order valence-corrected chi connectivity index (χ4v) is 3.43. The number of carbonyl (C=O) groups excluding carboxylic acids is 2. The van der Waals surface area contributed by atoms with Crippen LogP contribution in [0.4, 0.5) is 30.4 Å². The van der Waals surface area contributed by atoms with Crippen molar-refractivity contribution in [1.82, 2.24) is 4.37 Å². The summed E-state index contributed by atoms with van der Waals surface area (Å²) >= 11 is 0.788. The minimum absolute atomic E-state index is 0.0201. The first-order chi connectivity index (χ1) is 14.2. The number of nitrogens with two attached hydrogens (primary N) is 1. The van der Waals surface area contributed by atoms with Gasteiger partial charge in [0.15, 0.2) is 0 Å². The van der Waals surface area contributed by atoms with E-state index in [9.17, 15) is 18.8 Å². The van der Waals surface area contributed by atoms with Crippen molar-refractivity contribution in [3.63, 3.8) is 0 Å². The van der Waals surface area contributed by atoms with Crippen molar-refractivity contribution in [3.8, 4) is 11.3 Å². The molecule has 0 aliphatic heterocycles. The van der Waals surface area contributed by atoms with Crippen LogP contribution in [-0.2, 0) is 0 Å². The van der Waals surface area contributed by atoms with Crippen LogP contribution in [0.3, 0.4) is 0 Å². The quantitative estimate of drug-likeness (QED) is 0.414. The van der Waals surface area contributed by atoms with Crippen molar-refractivity contribution in [1.29, 1.82) is 0 Å². The zero-order valence-electron chi connectivity index (χ0n) is 15.5. The maximum absolute atomic E-state index is 13.8. The van der Waals surface area contributed by atoms with E-state index in [2.05, 4.69) is 20.3 Å². The molecule has 30 heavy (non-hydrogen) atoms. The summed E-state index contributed by atoms with van der Waals surface area (Å²) in [6.45, 7) is 1.78. The minimum Gasteiger partial charge on any atom is -0.465 e. The van der Waals surface area contributed by atoms with Gasteiger partial charge in [-0.3, -0.25) is 10.1 Å². The number of nitrogens with one attached hydrogen (secondary N) is 3. The van der Waals surface area contributed by atoms with Crippen molar-refractivity contribution < 1.29 is 23.9 Å². The molecule has 0 radical (unpaired) electrons. The number of primary amides is 1. The molecule has 0 fully saturated rings. The summed E-state index contributed by atoms with van der Waals surface area (Å²) in [5.41, 5.74) is 7.28. The van der Waals surface area contributed by atoms with Gasteiger partial charge in [0.1, 0.15) is 16.4 Å². The summed E-state index contributed by atoms with van der Waals surface area (Å²) in [5, 5.41) is 16.0. The van der Waals surface area contributed by atoms with E-state index < -0.39 is 23.8 Å². The average molecular weight is 429 g/mol. The van der Waals surface area contributed by atoms with Gasteiger partial charge in [0.2, 0.25) is 0 Å². The average Bonchev–Trinajstić information content (AvgIpc) is 3.08. The largest absolute Gasteiger partial charge is 0.465 e. The summed E-state index contributed by atoms with van der Waals surface area (Å²) in [7, 11) is 0. The number of nitrogens with zero attached hydrogens (tertiary/aromatic N) is 1. The lowest BCUT2D eigenvalue weighted by Crippen LogP contribution is -2.20. The molecule has 11 heteroatoms. The summed E-state index contributed by atoms with van der Waals surface area (Å²) in [6, 6.07) is 9.99. The second kappa shape index (κ2) is 8.57. The van der Waals surface area contributed by atoms with E-state index in [-0.39, 0.29) is 21.9 Å². The highest BCUT2D eigenvalue weighted by molar-refractivity contribution is 7.11. The van der Waals surface area contributed by atoms with Gasteiger partial charge in [-0.1, -0.05) is 18.2 Å². The number of halogens is 1. The number of aromatic nitrogens is 1. The number of carbonyl (C=O) groups is 3. The van der Waals surface area contributed by atoms with Gasteiger partial charge in [0, 0.05) is 11.3 Å². The van der Waals surface area contributed by atoms with Gasteiger partial charge in [-0.15, -0.1) is 0 Å². The number of benzene rings is 2. The molecule has 0 spiro atoms. The molecule has 154 valence electrons. The van der Waals surface area contributed by atoms with Crippen LogP contribution in [0, 0.1) is 12.7 Å². The Morgan fingerprint density at radius 1 is 1.07 bits per heavy atom. The smallest absolute Gasteiger partial charge is 0.409 e. The molecule has 0 saturated carbocycles. The number of hydrogen-bond donors (Lipinski definition) is 5. The van der Waals surface area contributed by atoms with Gasteiger partial charge in [-0.2, -0.15) is 4.37 Å². The van der Waals surface area contributed by atoms with Crippen molar-refractivity contribution in [2.45, 2.75) is 6.92 Å². The first-order valence-corrected chi connectivity index (χ1v) is 9.26. The Morgan fingerprint density at radius 2 is 1.77 bits per heavy atom. The van der Waals surface area contributed by atoms with E-state index in [1.54, 1.807) is 37.3 Å². The third-order valence-corrected chi connectivity index (χ3v) is 4.71. The standard InChI is InChI=1S/C19H16FN5O4S/c1-9-2-7-12(20)13(8-9)23-18(27)22-11-5-3-10(4-6-11)15-14(16(21)26)17(30-25-15)24-19(28)29/h2-8,24H,1H3,(H2,21,26)(H,28,29)(H2,22,23,27). The lowest BCUT2D eigenvalue weighted by Gasteiger charge is -2.10. The monoisotopic (exact) mass is 429 g/mol. The summed E-state index contributed by atoms with van der Waals surface area (Å²) < 4.78 is 17.9. The Kier molecular flexibility index (Phi) is 5.93. The maximum atomic E-state index is 13.8. The topological polar surface area (TPSA) is 146 Å². The van der Waals surface area contributed by atoms with E-state index in [1.165, 1.54) is 12.1 Å². The van der Waals surface area contributed by atoms with Gasteiger partial charge in [0.25, 0.3) is 5.91 Å². The van der Waals surface area contributed by atoms with Gasteiger partial charge >= 0.3 is 12.1 Å². The first-order valence-electron chi connectivity index (χ1n) is 8.48. The van der Waals surface area contributed by atoms with Crippen LogP contribution in [0.15, 0.2) is 42.5 Å². The number of aryl methyl sites for hydroxylation is 1. The molecular weight excluding hydrogens is 413 g/mol. The molecule has 0 unspecified atom stereocenters. The second-order valence-corrected chi connectivity index (χ2v) is 6.94. The van der Waals surface area contributed by atoms with E-state index >= 15 is 0 Å². The third kappa shape index (κ3) is 4.70. The Labute approximate surface area is 173 Å². The van der Waals surface area contributed by atoms with Crippen molar-refractivity contribution >= 4 is 45.9 Å². The Morgan fingerprint density at radius 3 is 2.40 bits per heavy atom. The molecule has 1 heterocycles. The highest BCUT2D eigenvalue weighted by Crippen LogP contribution is 2.32. The number of amides is 4. The molecular formula is C19H16FN5O4S. The molecule has 3 aromatic rings. The molecule has 0 atom stereocenters. The van der Waals surface area contributed by atoms with Crippen LogP contribution in [0.1, 0.15) is 15.9 Å². The van der Waals surface area contributed by atoms with Gasteiger partial charge in [-0.25, -0.2) is 14.0 Å². The maximum Gasteiger partial charge on any atom is 0.409 e. The zero-order chi connectivity index (χ0) is 21.8. The SMILES string of the molecule is Cc1ccc(F)c(NC(=O)Nc2ccc(-c3nsc(NC(=O)O)c3C(N)=O)cc2)c1. The minimum atomic E-state index is -1.34. The number of anilines is 3. The van der Waals surface area contributed by atoms with Gasteiger partial charge in [-0.05, 0) is 48.3 Å². The molecule has 0 saturated heterocycles. The number of hydrogen-bond acceptors (Lipinski definition) is 5. The van der Waals surface area contributed by atoms with Crippen LogP contribution in [0.2, 0.25) is 0 Å². The van der Waals surface area contributed by atoms with Gasteiger partial charge in [0.05, 0.1) is 11.4 Å². The first kappa shape index (κ1) is 20.7. The molecule has 6 N–H and O–H groups in total. The van der Waals surface area contributed by atoms with E-state index in [1.807, 2.05) is 0 Å². The van der Waals surface area contributed by atoms with Crippen molar-refractivity contribution in [3.05, 3.63) is 59.4 Å². The number of urea groups is 1. The highest BCUT2D eigenvalue weighted by Gasteiger charge is 2.21. The summed E-state index contributed by atoms with van der Waals surface area (Å²) in [6.07, 6.45) is -1.34. The molecule has 9 nitrogen and oxygen atoms in total.